The van der Waals surface area contributed by atoms with E-state index < -0.39 is 27.7 Å². The molecule has 0 spiro atoms. The van der Waals surface area contributed by atoms with Crippen LogP contribution in [0.25, 0.3) is 0 Å². The van der Waals surface area contributed by atoms with E-state index in [0.29, 0.717) is 17.0 Å². The van der Waals surface area contributed by atoms with Gasteiger partial charge in [0.1, 0.15) is 0 Å². The van der Waals surface area contributed by atoms with Crippen molar-refractivity contribution in [3.8, 4) is 0 Å². The second kappa shape index (κ2) is 7.13. The Hall–Kier alpha value is -1.85. The number of aliphatic hydroxyl groups excluding tert-OH is 1. The third-order valence-electron chi connectivity index (χ3n) is 5.33. The number of rotatable bonds is 3. The first-order valence-corrected chi connectivity index (χ1v) is 11.9. The molecule has 2 aliphatic carbocycles. The standard InChI is InChI=1S/C19H24N4O4S2/c1-19(2,26)14-9-21-18(28-14)29(20,27)23-17(25)22-16-12-5-3-4-10(12)8-11-6-7-13(24)15(11)16/h8-9,13,24,26H,3-7H2,1-2H3,(H3,20,22,23,25,27). The van der Waals surface area contributed by atoms with Crippen molar-refractivity contribution in [2.75, 3.05) is 5.32 Å². The Bertz CT molecular complexity index is 1110. The fraction of sp³-hybridized carbons (Fsp3) is 0.474. The van der Waals surface area contributed by atoms with Crippen LogP contribution in [0.3, 0.4) is 0 Å². The lowest BCUT2D eigenvalue weighted by atomic mass is 9.98. The molecule has 156 valence electrons. The van der Waals surface area contributed by atoms with Crippen molar-refractivity contribution in [2.24, 2.45) is 9.50 Å². The van der Waals surface area contributed by atoms with Crippen LogP contribution in [0, 0.1) is 0 Å². The van der Waals surface area contributed by atoms with Crippen LogP contribution >= 0.6 is 11.3 Å². The lowest BCUT2D eigenvalue weighted by molar-refractivity contribution is 0.0823. The second-order valence-electron chi connectivity index (χ2n) is 8.01. The highest BCUT2D eigenvalue weighted by atomic mass is 32.2. The van der Waals surface area contributed by atoms with E-state index >= 15 is 0 Å². The highest BCUT2D eigenvalue weighted by Gasteiger charge is 2.30. The molecular formula is C19H24N4O4S2. The number of aromatic nitrogens is 1. The molecule has 2 amide bonds. The lowest BCUT2D eigenvalue weighted by Crippen LogP contribution is -2.19. The Morgan fingerprint density at radius 3 is 2.83 bits per heavy atom. The molecule has 1 heterocycles. The molecule has 8 nitrogen and oxygen atoms in total. The number of nitrogens with zero attached hydrogens (tertiary/aromatic N) is 2. The maximum Gasteiger partial charge on any atom is 0.354 e. The zero-order chi connectivity index (χ0) is 21.0. The minimum absolute atomic E-state index is 0.0201. The number of fused-ring (bicyclic) bond motifs is 2. The van der Waals surface area contributed by atoms with E-state index in [1.54, 1.807) is 13.8 Å². The summed E-state index contributed by atoms with van der Waals surface area (Å²) in [5.41, 5.74) is 3.38. The van der Waals surface area contributed by atoms with Crippen molar-refractivity contribution in [2.45, 2.75) is 62.0 Å². The van der Waals surface area contributed by atoms with E-state index in [4.69, 9.17) is 5.14 Å². The van der Waals surface area contributed by atoms with Crippen LogP contribution in [0.2, 0.25) is 0 Å². The first-order chi connectivity index (χ1) is 13.6. The SMILES string of the molecule is CC(C)(O)c1cnc(S(N)(=O)=NC(=O)Nc2c3c(cc4c2C(O)CC4)CCC3)s1. The number of thiazole rings is 1. The molecule has 2 atom stereocenters. The monoisotopic (exact) mass is 436 g/mol. The van der Waals surface area contributed by atoms with E-state index in [9.17, 15) is 19.2 Å². The topological polar surface area (TPSA) is 138 Å². The number of anilines is 1. The molecule has 0 aliphatic heterocycles. The number of hydrogen-bond acceptors (Lipinski definition) is 6. The Kier molecular flexibility index (Phi) is 5.02. The first-order valence-electron chi connectivity index (χ1n) is 9.46. The van der Waals surface area contributed by atoms with Crippen molar-refractivity contribution < 1.29 is 19.2 Å². The van der Waals surface area contributed by atoms with Gasteiger partial charge in [-0.15, -0.1) is 15.7 Å². The molecule has 1 aromatic carbocycles. The zero-order valence-electron chi connectivity index (χ0n) is 16.3. The quantitative estimate of drug-likeness (QED) is 0.586. The Morgan fingerprint density at radius 2 is 2.14 bits per heavy atom. The lowest BCUT2D eigenvalue weighted by Gasteiger charge is -2.17. The summed E-state index contributed by atoms with van der Waals surface area (Å²) < 4.78 is 16.5. The summed E-state index contributed by atoms with van der Waals surface area (Å²) in [6.45, 7) is 3.16. The van der Waals surface area contributed by atoms with Crippen LogP contribution in [-0.4, -0.2) is 25.4 Å². The van der Waals surface area contributed by atoms with Crippen molar-refractivity contribution in [3.63, 3.8) is 0 Å². The Labute approximate surface area is 173 Å². The molecule has 0 radical (unpaired) electrons. The molecule has 5 N–H and O–H groups in total. The number of aliphatic hydroxyl groups is 2. The van der Waals surface area contributed by atoms with Gasteiger partial charge < -0.3 is 15.5 Å². The predicted molar refractivity (Wildman–Crippen MR) is 111 cm³/mol. The number of aryl methyl sites for hydroxylation is 2. The van der Waals surface area contributed by atoms with Gasteiger partial charge in [-0.2, -0.15) is 0 Å². The summed E-state index contributed by atoms with van der Waals surface area (Å²) in [4.78, 5) is 17.1. The smallest absolute Gasteiger partial charge is 0.354 e. The van der Waals surface area contributed by atoms with Crippen molar-refractivity contribution in [1.29, 1.82) is 0 Å². The molecule has 2 aromatic rings. The van der Waals surface area contributed by atoms with Gasteiger partial charge in [0.2, 0.25) is 4.34 Å². The highest BCUT2D eigenvalue weighted by molar-refractivity contribution is 7.93. The summed E-state index contributed by atoms with van der Waals surface area (Å²) >= 11 is 0.960. The average molecular weight is 437 g/mol. The number of amides is 2. The normalized spacial score (nSPS) is 20.1. The second-order valence-corrected chi connectivity index (χ2v) is 11.0. The third kappa shape index (κ3) is 3.82. The molecule has 29 heavy (non-hydrogen) atoms. The molecule has 0 saturated carbocycles. The van der Waals surface area contributed by atoms with Crippen molar-refractivity contribution in [3.05, 3.63) is 39.4 Å². The Balaban J connectivity index is 1.67. The molecule has 4 rings (SSSR count). The van der Waals surface area contributed by atoms with Crippen LogP contribution in [-0.2, 0) is 34.8 Å². The predicted octanol–water partition coefficient (Wildman–Crippen LogP) is 2.77. The number of benzene rings is 1. The van der Waals surface area contributed by atoms with E-state index in [2.05, 4.69) is 20.7 Å². The highest BCUT2D eigenvalue weighted by Crippen LogP contribution is 2.43. The van der Waals surface area contributed by atoms with Crippen LogP contribution in [0.5, 0.6) is 0 Å². The van der Waals surface area contributed by atoms with E-state index in [1.165, 1.54) is 11.8 Å². The average Bonchev–Trinajstić information content (AvgIpc) is 3.33. The maximum atomic E-state index is 12.8. The number of carbonyl (C=O) groups excluding carboxylic acids is 1. The Morgan fingerprint density at radius 1 is 1.38 bits per heavy atom. The third-order valence-corrected chi connectivity index (χ3v) is 8.45. The van der Waals surface area contributed by atoms with Crippen LogP contribution < -0.4 is 10.5 Å². The van der Waals surface area contributed by atoms with Gasteiger partial charge in [0.05, 0.1) is 22.3 Å². The van der Waals surface area contributed by atoms with E-state index in [1.807, 2.05) is 0 Å². The molecule has 10 heteroatoms. The van der Waals surface area contributed by atoms with Gasteiger partial charge in [-0.05, 0) is 62.6 Å². The summed E-state index contributed by atoms with van der Waals surface area (Å²) in [5, 5.41) is 29.0. The van der Waals surface area contributed by atoms with Gasteiger partial charge in [0, 0.05) is 11.8 Å². The summed E-state index contributed by atoms with van der Waals surface area (Å²) in [7, 11) is -3.56. The maximum absolute atomic E-state index is 12.8. The molecule has 2 aliphatic rings. The van der Waals surface area contributed by atoms with Crippen LogP contribution in [0.4, 0.5) is 10.5 Å². The van der Waals surface area contributed by atoms with Gasteiger partial charge in [0.15, 0.2) is 9.92 Å². The first kappa shape index (κ1) is 20.4. The number of hydrogen-bond donors (Lipinski definition) is 4. The van der Waals surface area contributed by atoms with Crippen molar-refractivity contribution >= 4 is 33.0 Å². The van der Waals surface area contributed by atoms with Gasteiger partial charge in [0.25, 0.3) is 0 Å². The molecule has 1 aromatic heterocycles. The molecule has 2 unspecified atom stereocenters. The number of urea groups is 1. The van der Waals surface area contributed by atoms with Gasteiger partial charge >= 0.3 is 6.03 Å². The summed E-state index contributed by atoms with van der Waals surface area (Å²) in [6, 6.07) is 1.29. The molecule has 0 saturated heterocycles. The largest absolute Gasteiger partial charge is 0.388 e. The van der Waals surface area contributed by atoms with Crippen LogP contribution in [0.1, 0.15) is 59.9 Å². The van der Waals surface area contributed by atoms with Gasteiger partial charge in [-0.25, -0.2) is 19.1 Å². The van der Waals surface area contributed by atoms with Gasteiger partial charge in [-0.3, -0.25) is 0 Å². The summed E-state index contributed by atoms with van der Waals surface area (Å²) in [6.07, 6.45) is 4.85. The van der Waals surface area contributed by atoms with Crippen LogP contribution in [0.15, 0.2) is 21.0 Å². The zero-order valence-corrected chi connectivity index (χ0v) is 17.9. The minimum Gasteiger partial charge on any atom is -0.388 e. The van der Waals surface area contributed by atoms with E-state index in [0.717, 1.165) is 53.7 Å². The molecule has 0 fully saturated rings. The molecular weight excluding hydrogens is 412 g/mol. The molecule has 0 bridgehead atoms. The fourth-order valence-electron chi connectivity index (χ4n) is 3.96. The van der Waals surface area contributed by atoms with E-state index in [-0.39, 0.29) is 4.34 Å². The number of nitrogens with two attached hydrogens (primary N) is 1. The summed E-state index contributed by atoms with van der Waals surface area (Å²) in [5.74, 6) is 0. The van der Waals surface area contributed by atoms with Crippen molar-refractivity contribution in [1.82, 2.24) is 4.98 Å². The minimum atomic E-state index is -3.56. The number of carbonyl (C=O) groups is 1. The van der Waals surface area contributed by atoms with Gasteiger partial charge in [-0.1, -0.05) is 6.07 Å². The number of nitrogens with one attached hydrogen (secondary N) is 1. The fourth-order valence-corrected chi connectivity index (χ4v) is 6.04.